The van der Waals surface area contributed by atoms with E-state index < -0.39 is 0 Å². The maximum absolute atomic E-state index is 12.4. The van der Waals surface area contributed by atoms with Crippen molar-refractivity contribution >= 4 is 34.9 Å². The molecule has 3 amide bonds. The summed E-state index contributed by atoms with van der Waals surface area (Å²) in [5.74, 6) is -0.506. The second kappa shape index (κ2) is 8.43. The number of imide groups is 1. The summed E-state index contributed by atoms with van der Waals surface area (Å²) >= 11 is 0.911. The third-order valence-corrected chi connectivity index (χ3v) is 4.57. The molecule has 0 unspecified atom stereocenters. The average molecular weight is 371 g/mol. The van der Waals surface area contributed by atoms with E-state index >= 15 is 0 Å². The third-order valence-electron chi connectivity index (χ3n) is 3.66. The Labute approximate surface area is 154 Å². The van der Waals surface area contributed by atoms with Crippen LogP contribution < -0.4 is 5.32 Å². The van der Waals surface area contributed by atoms with Gasteiger partial charge in [0.2, 0.25) is 5.91 Å². The van der Waals surface area contributed by atoms with Gasteiger partial charge in [0, 0.05) is 19.5 Å². The van der Waals surface area contributed by atoms with Crippen LogP contribution in [-0.4, -0.2) is 49.8 Å². The highest BCUT2D eigenvalue weighted by Crippen LogP contribution is 2.31. The Morgan fingerprint density at radius 3 is 2.73 bits per heavy atom. The lowest BCUT2D eigenvalue weighted by molar-refractivity contribution is -0.124. The Morgan fingerprint density at radius 1 is 1.19 bits per heavy atom. The van der Waals surface area contributed by atoms with Gasteiger partial charge in [-0.1, -0.05) is 30.3 Å². The number of rotatable bonds is 7. The lowest BCUT2D eigenvalue weighted by atomic mass is 10.2. The molecule has 0 bridgehead atoms. The zero-order valence-corrected chi connectivity index (χ0v) is 14.7. The van der Waals surface area contributed by atoms with Crippen LogP contribution in [0.3, 0.4) is 0 Å². The SMILES string of the molecule is O=C(CCn1cncn1)NCCN1C(=O)S/C(=C/c2ccccc2)C1=O. The number of nitrogens with zero attached hydrogens (tertiary/aromatic N) is 4. The maximum atomic E-state index is 12.4. The lowest BCUT2D eigenvalue weighted by Gasteiger charge is -2.13. The van der Waals surface area contributed by atoms with Crippen molar-refractivity contribution < 1.29 is 14.4 Å². The number of thioether (sulfide) groups is 1. The van der Waals surface area contributed by atoms with Gasteiger partial charge in [0.05, 0.1) is 11.4 Å². The largest absolute Gasteiger partial charge is 0.354 e. The predicted molar refractivity (Wildman–Crippen MR) is 96.8 cm³/mol. The van der Waals surface area contributed by atoms with E-state index in [9.17, 15) is 14.4 Å². The number of carbonyl (C=O) groups is 3. The van der Waals surface area contributed by atoms with E-state index in [1.807, 2.05) is 30.3 Å². The highest BCUT2D eigenvalue weighted by molar-refractivity contribution is 8.18. The summed E-state index contributed by atoms with van der Waals surface area (Å²) in [6, 6.07) is 9.34. The molecule has 0 atom stereocenters. The van der Waals surface area contributed by atoms with Crippen LogP contribution in [0.15, 0.2) is 47.9 Å². The number of hydrogen-bond donors (Lipinski definition) is 1. The minimum Gasteiger partial charge on any atom is -0.354 e. The molecule has 0 spiro atoms. The van der Waals surface area contributed by atoms with Gasteiger partial charge in [0.15, 0.2) is 0 Å². The van der Waals surface area contributed by atoms with Crippen LogP contribution in [0.25, 0.3) is 6.08 Å². The van der Waals surface area contributed by atoms with Gasteiger partial charge in [0.1, 0.15) is 12.7 Å². The van der Waals surface area contributed by atoms with Gasteiger partial charge in [-0.25, -0.2) is 4.98 Å². The predicted octanol–water partition coefficient (Wildman–Crippen LogP) is 1.52. The van der Waals surface area contributed by atoms with E-state index in [-0.39, 0.29) is 36.6 Å². The van der Waals surface area contributed by atoms with Crippen molar-refractivity contribution in [3.8, 4) is 0 Å². The molecule has 1 N–H and O–H groups in total. The van der Waals surface area contributed by atoms with Crippen molar-refractivity contribution in [3.63, 3.8) is 0 Å². The van der Waals surface area contributed by atoms with Gasteiger partial charge >= 0.3 is 0 Å². The molecule has 0 saturated carbocycles. The molecule has 2 aromatic rings. The number of carbonyl (C=O) groups excluding carboxylic acids is 3. The zero-order valence-electron chi connectivity index (χ0n) is 13.9. The van der Waals surface area contributed by atoms with E-state index in [1.54, 1.807) is 10.8 Å². The summed E-state index contributed by atoms with van der Waals surface area (Å²) in [4.78, 5) is 41.5. The molecule has 1 aliphatic heterocycles. The van der Waals surface area contributed by atoms with E-state index in [2.05, 4.69) is 15.4 Å². The first-order chi connectivity index (χ1) is 12.6. The normalized spacial score (nSPS) is 15.7. The smallest absolute Gasteiger partial charge is 0.293 e. The molecular formula is C17H17N5O3S. The third kappa shape index (κ3) is 4.57. The number of benzene rings is 1. The number of aryl methyl sites for hydroxylation is 1. The second-order valence-corrected chi connectivity index (χ2v) is 6.50. The molecule has 2 heterocycles. The Kier molecular flexibility index (Phi) is 5.80. The number of nitrogens with one attached hydrogen (secondary N) is 1. The first-order valence-corrected chi connectivity index (χ1v) is 8.84. The molecule has 1 aromatic carbocycles. The zero-order chi connectivity index (χ0) is 18.4. The fraction of sp³-hybridized carbons (Fsp3) is 0.235. The van der Waals surface area contributed by atoms with E-state index in [0.717, 1.165) is 22.2 Å². The second-order valence-electron chi connectivity index (χ2n) is 5.50. The standard InChI is InChI=1S/C17H17N5O3S/c23-15(6-8-21-12-18-11-20-21)19-7-9-22-16(24)14(26-17(22)25)10-13-4-2-1-3-5-13/h1-5,10-12H,6-9H2,(H,19,23)/b14-10+. The van der Waals surface area contributed by atoms with Crippen LogP contribution >= 0.6 is 11.8 Å². The van der Waals surface area contributed by atoms with Gasteiger partial charge in [-0.3, -0.25) is 24.0 Å². The number of hydrogen-bond acceptors (Lipinski definition) is 6. The molecule has 8 nitrogen and oxygen atoms in total. The first-order valence-electron chi connectivity index (χ1n) is 8.03. The lowest BCUT2D eigenvalue weighted by Crippen LogP contribution is -2.37. The molecule has 0 aliphatic carbocycles. The van der Waals surface area contributed by atoms with Gasteiger partial charge in [-0.15, -0.1) is 0 Å². The number of amides is 3. The quantitative estimate of drug-likeness (QED) is 0.741. The Morgan fingerprint density at radius 2 is 2.00 bits per heavy atom. The van der Waals surface area contributed by atoms with Crippen LogP contribution in [0.2, 0.25) is 0 Å². The van der Waals surface area contributed by atoms with Gasteiger partial charge in [-0.05, 0) is 23.4 Å². The highest BCUT2D eigenvalue weighted by Gasteiger charge is 2.34. The molecule has 134 valence electrons. The molecule has 3 rings (SSSR count). The van der Waals surface area contributed by atoms with Crippen molar-refractivity contribution in [2.24, 2.45) is 0 Å². The Balaban J connectivity index is 1.47. The van der Waals surface area contributed by atoms with Gasteiger partial charge in [0.25, 0.3) is 11.1 Å². The van der Waals surface area contributed by atoms with Crippen molar-refractivity contribution in [1.82, 2.24) is 25.0 Å². The van der Waals surface area contributed by atoms with Crippen LogP contribution in [-0.2, 0) is 16.1 Å². The molecule has 1 aliphatic rings. The van der Waals surface area contributed by atoms with Crippen molar-refractivity contribution in [1.29, 1.82) is 0 Å². The average Bonchev–Trinajstić information content (AvgIpc) is 3.25. The monoisotopic (exact) mass is 371 g/mol. The summed E-state index contributed by atoms with van der Waals surface area (Å²) in [6.45, 7) is 0.784. The summed E-state index contributed by atoms with van der Waals surface area (Å²) in [7, 11) is 0. The Bertz CT molecular complexity index is 820. The molecule has 1 aromatic heterocycles. The minimum atomic E-state index is -0.333. The number of aromatic nitrogens is 3. The Hall–Kier alpha value is -2.94. The van der Waals surface area contributed by atoms with Crippen LogP contribution in [0.5, 0.6) is 0 Å². The highest BCUT2D eigenvalue weighted by atomic mass is 32.2. The maximum Gasteiger partial charge on any atom is 0.293 e. The molecule has 9 heteroatoms. The van der Waals surface area contributed by atoms with Crippen molar-refractivity contribution in [3.05, 3.63) is 53.5 Å². The summed E-state index contributed by atoms with van der Waals surface area (Å²) in [5, 5.41) is 6.29. The van der Waals surface area contributed by atoms with Crippen molar-refractivity contribution in [2.45, 2.75) is 13.0 Å². The van der Waals surface area contributed by atoms with Crippen LogP contribution in [0.4, 0.5) is 4.79 Å². The summed E-state index contributed by atoms with van der Waals surface area (Å²) in [6.07, 6.45) is 4.88. The van der Waals surface area contributed by atoms with Crippen LogP contribution in [0.1, 0.15) is 12.0 Å². The van der Waals surface area contributed by atoms with Gasteiger partial charge < -0.3 is 5.32 Å². The summed E-state index contributed by atoms with van der Waals surface area (Å²) < 4.78 is 1.56. The van der Waals surface area contributed by atoms with E-state index in [1.165, 1.54) is 12.7 Å². The molecule has 1 saturated heterocycles. The fourth-order valence-electron chi connectivity index (χ4n) is 2.35. The molecule has 26 heavy (non-hydrogen) atoms. The fourth-order valence-corrected chi connectivity index (χ4v) is 3.22. The topological polar surface area (TPSA) is 97.2 Å². The summed E-state index contributed by atoms with van der Waals surface area (Å²) in [5.41, 5.74) is 0.861. The molecule has 1 fully saturated rings. The minimum absolute atomic E-state index is 0.145. The molecule has 0 radical (unpaired) electrons. The van der Waals surface area contributed by atoms with Gasteiger partial charge in [-0.2, -0.15) is 5.10 Å². The van der Waals surface area contributed by atoms with Crippen molar-refractivity contribution in [2.75, 3.05) is 13.1 Å². The first kappa shape index (κ1) is 17.9. The van der Waals surface area contributed by atoms with E-state index in [4.69, 9.17) is 0 Å². The molecular weight excluding hydrogens is 354 g/mol. The van der Waals surface area contributed by atoms with E-state index in [0.29, 0.717) is 11.4 Å². The van der Waals surface area contributed by atoms with Crippen LogP contribution in [0, 0.1) is 0 Å².